The molecule has 0 saturated heterocycles. The van der Waals surface area contributed by atoms with E-state index in [1.54, 1.807) is 14.2 Å². The molecule has 0 aliphatic heterocycles. The predicted molar refractivity (Wildman–Crippen MR) is 134 cm³/mol. The first-order valence-electron chi connectivity index (χ1n) is 11.2. The first kappa shape index (κ1) is 24.1. The molecule has 3 aromatic carbocycles. The Hall–Kier alpha value is -3.53. The van der Waals surface area contributed by atoms with Crippen LogP contribution in [0.3, 0.4) is 0 Å². The van der Waals surface area contributed by atoms with Gasteiger partial charge in [-0.25, -0.2) is 0 Å². The number of carbonyl (C=O) groups is 1. The number of rotatable bonds is 9. The molecular weight excluding hydrogens is 412 g/mol. The van der Waals surface area contributed by atoms with Gasteiger partial charge < -0.3 is 14.2 Å². The molecule has 0 amide bonds. The summed E-state index contributed by atoms with van der Waals surface area (Å²) in [4.78, 5) is 12.6. The number of ether oxygens (including phenoxy) is 3. The van der Waals surface area contributed by atoms with E-state index in [1.165, 1.54) is 5.56 Å². The average Bonchev–Trinajstić information content (AvgIpc) is 2.83. The maximum atomic E-state index is 12.6. The zero-order valence-electron chi connectivity index (χ0n) is 20.0. The molecular formula is C29H32O4. The summed E-state index contributed by atoms with van der Waals surface area (Å²) in [6.45, 7) is 6.27. The van der Waals surface area contributed by atoms with E-state index in [2.05, 4.69) is 26.0 Å². The SMILES string of the molecule is COc1cc(/C=C/c2ccc(OC(=O)C(C)c3ccc(CC(C)C)cc3)cc2)cc(OC)c1. The van der Waals surface area contributed by atoms with E-state index in [-0.39, 0.29) is 11.9 Å². The summed E-state index contributed by atoms with van der Waals surface area (Å²) in [5, 5.41) is 0. The molecule has 0 spiro atoms. The van der Waals surface area contributed by atoms with Crippen LogP contribution in [-0.4, -0.2) is 20.2 Å². The first-order chi connectivity index (χ1) is 15.9. The molecule has 0 bridgehead atoms. The molecule has 1 unspecified atom stereocenters. The van der Waals surface area contributed by atoms with E-state index < -0.39 is 0 Å². The lowest BCUT2D eigenvalue weighted by Crippen LogP contribution is -2.16. The largest absolute Gasteiger partial charge is 0.497 e. The highest BCUT2D eigenvalue weighted by Gasteiger charge is 2.17. The second-order valence-corrected chi connectivity index (χ2v) is 8.53. The summed E-state index contributed by atoms with van der Waals surface area (Å²) in [5.41, 5.74) is 4.20. The number of hydrogen-bond acceptors (Lipinski definition) is 4. The van der Waals surface area contributed by atoms with Crippen LogP contribution in [0.25, 0.3) is 12.2 Å². The Morgan fingerprint density at radius 2 is 1.33 bits per heavy atom. The molecule has 0 aliphatic carbocycles. The molecule has 0 aromatic heterocycles. The summed E-state index contributed by atoms with van der Waals surface area (Å²) in [6, 6.07) is 21.4. The van der Waals surface area contributed by atoms with Crippen molar-refractivity contribution in [3.63, 3.8) is 0 Å². The number of benzene rings is 3. The topological polar surface area (TPSA) is 44.8 Å². The van der Waals surface area contributed by atoms with Gasteiger partial charge in [-0.1, -0.05) is 62.4 Å². The van der Waals surface area contributed by atoms with Crippen LogP contribution in [0.4, 0.5) is 0 Å². The van der Waals surface area contributed by atoms with Crippen molar-refractivity contribution < 1.29 is 19.0 Å². The fourth-order valence-corrected chi connectivity index (χ4v) is 3.52. The van der Waals surface area contributed by atoms with Crippen molar-refractivity contribution in [2.24, 2.45) is 5.92 Å². The molecule has 3 rings (SSSR count). The lowest BCUT2D eigenvalue weighted by atomic mass is 9.97. The number of hydrogen-bond donors (Lipinski definition) is 0. The summed E-state index contributed by atoms with van der Waals surface area (Å²) >= 11 is 0. The summed E-state index contributed by atoms with van der Waals surface area (Å²) in [6.07, 6.45) is 5.00. The second-order valence-electron chi connectivity index (χ2n) is 8.53. The van der Waals surface area contributed by atoms with Crippen LogP contribution in [0.15, 0.2) is 66.7 Å². The molecule has 0 N–H and O–H groups in total. The molecule has 0 aliphatic rings. The van der Waals surface area contributed by atoms with Crippen molar-refractivity contribution in [3.8, 4) is 17.2 Å². The van der Waals surface area contributed by atoms with Gasteiger partial charge in [-0.3, -0.25) is 4.79 Å². The van der Waals surface area contributed by atoms with E-state index in [0.29, 0.717) is 11.7 Å². The van der Waals surface area contributed by atoms with E-state index in [1.807, 2.05) is 73.7 Å². The highest BCUT2D eigenvalue weighted by molar-refractivity contribution is 5.80. The maximum Gasteiger partial charge on any atom is 0.318 e. The lowest BCUT2D eigenvalue weighted by Gasteiger charge is -2.13. The third-order valence-corrected chi connectivity index (χ3v) is 5.42. The minimum Gasteiger partial charge on any atom is -0.497 e. The van der Waals surface area contributed by atoms with Crippen molar-refractivity contribution in [1.82, 2.24) is 0 Å². The Morgan fingerprint density at radius 3 is 1.88 bits per heavy atom. The molecule has 1 atom stereocenters. The number of methoxy groups -OCH3 is 2. The van der Waals surface area contributed by atoms with Crippen molar-refractivity contribution in [2.75, 3.05) is 14.2 Å². The van der Waals surface area contributed by atoms with Gasteiger partial charge in [0.05, 0.1) is 20.1 Å². The van der Waals surface area contributed by atoms with Crippen LogP contribution >= 0.6 is 0 Å². The predicted octanol–water partition coefficient (Wildman–Crippen LogP) is 6.78. The smallest absolute Gasteiger partial charge is 0.318 e. The molecule has 0 fully saturated rings. The van der Waals surface area contributed by atoms with Crippen LogP contribution in [0.2, 0.25) is 0 Å². The normalized spacial score (nSPS) is 12.1. The molecule has 4 nitrogen and oxygen atoms in total. The number of carbonyl (C=O) groups excluding carboxylic acids is 1. The third-order valence-electron chi connectivity index (χ3n) is 5.42. The fourth-order valence-electron chi connectivity index (χ4n) is 3.52. The minimum atomic E-state index is -0.333. The summed E-state index contributed by atoms with van der Waals surface area (Å²) < 4.78 is 16.2. The Morgan fingerprint density at radius 1 is 0.758 bits per heavy atom. The van der Waals surface area contributed by atoms with Crippen molar-refractivity contribution in [3.05, 3.63) is 89.0 Å². The molecule has 0 saturated carbocycles. The van der Waals surface area contributed by atoms with E-state index in [9.17, 15) is 4.79 Å². The highest BCUT2D eigenvalue weighted by Crippen LogP contribution is 2.25. The Labute approximate surface area is 196 Å². The van der Waals surface area contributed by atoms with Crippen molar-refractivity contribution >= 4 is 18.1 Å². The first-order valence-corrected chi connectivity index (χ1v) is 11.2. The van der Waals surface area contributed by atoms with Crippen LogP contribution in [0.5, 0.6) is 17.2 Å². The van der Waals surface area contributed by atoms with Crippen molar-refractivity contribution in [2.45, 2.75) is 33.1 Å². The zero-order chi connectivity index (χ0) is 23.8. The summed E-state index contributed by atoms with van der Waals surface area (Å²) in [7, 11) is 3.26. The second kappa shape index (κ2) is 11.4. The van der Waals surface area contributed by atoms with Gasteiger partial charge in [-0.2, -0.15) is 0 Å². The van der Waals surface area contributed by atoms with E-state index in [0.717, 1.165) is 34.6 Å². The molecule has 0 heterocycles. The van der Waals surface area contributed by atoms with Gasteiger partial charge in [0, 0.05) is 6.07 Å². The average molecular weight is 445 g/mol. The van der Waals surface area contributed by atoms with E-state index in [4.69, 9.17) is 14.2 Å². The van der Waals surface area contributed by atoms with Crippen LogP contribution in [-0.2, 0) is 11.2 Å². The van der Waals surface area contributed by atoms with Crippen molar-refractivity contribution in [1.29, 1.82) is 0 Å². The fraction of sp³-hybridized carbons (Fsp3) is 0.276. The van der Waals surface area contributed by atoms with Gasteiger partial charge >= 0.3 is 5.97 Å². The highest BCUT2D eigenvalue weighted by atomic mass is 16.5. The maximum absolute atomic E-state index is 12.6. The summed E-state index contributed by atoms with van der Waals surface area (Å²) in [5.74, 6) is 2.01. The van der Waals surface area contributed by atoms with Gasteiger partial charge in [-0.05, 0) is 65.8 Å². The molecule has 172 valence electrons. The molecule has 0 radical (unpaired) electrons. The van der Waals surface area contributed by atoms with E-state index >= 15 is 0 Å². The monoisotopic (exact) mass is 444 g/mol. The van der Waals surface area contributed by atoms with Crippen LogP contribution in [0, 0.1) is 5.92 Å². The quantitative estimate of drug-likeness (QED) is 0.207. The Balaban J connectivity index is 1.62. The van der Waals surface area contributed by atoms with Gasteiger partial charge in [0.15, 0.2) is 0 Å². The Bertz CT molecular complexity index is 1060. The Kier molecular flexibility index (Phi) is 8.31. The number of esters is 1. The molecule has 3 aromatic rings. The third kappa shape index (κ3) is 6.98. The van der Waals surface area contributed by atoms with Gasteiger partial charge in [0.1, 0.15) is 17.2 Å². The zero-order valence-corrected chi connectivity index (χ0v) is 20.0. The molecule has 4 heteroatoms. The molecule has 33 heavy (non-hydrogen) atoms. The lowest BCUT2D eigenvalue weighted by molar-refractivity contribution is -0.135. The van der Waals surface area contributed by atoms with Gasteiger partial charge in [0.2, 0.25) is 0 Å². The van der Waals surface area contributed by atoms with Gasteiger partial charge in [0.25, 0.3) is 0 Å². The van der Waals surface area contributed by atoms with Gasteiger partial charge in [-0.15, -0.1) is 0 Å². The minimum absolute atomic E-state index is 0.265. The van der Waals surface area contributed by atoms with Crippen LogP contribution < -0.4 is 14.2 Å². The standard InChI is InChI=1S/C29H32O4/c1-20(2)16-23-8-12-25(13-9-23)21(3)29(30)33-26-14-10-22(11-15-26)6-7-24-17-27(31-4)19-28(18-24)32-5/h6-15,17-21H,16H2,1-5H3/b7-6+. The van der Waals surface area contributed by atoms with Crippen LogP contribution in [0.1, 0.15) is 48.9 Å².